The Bertz CT molecular complexity index is 1490. The number of carboxylic acids is 1. The SMILES string of the molecule is COc1cc(C(=O)N2CCC(CCN3CCC(C(=O)O)(c4cccnc4)CC3)(c3ccc(Cl)c(Cl)c3)C2)cc(OC)c1OC. The number of benzene rings is 2. The predicted molar refractivity (Wildman–Crippen MR) is 169 cm³/mol. The minimum absolute atomic E-state index is 0.133. The summed E-state index contributed by atoms with van der Waals surface area (Å²) in [5.74, 6) is 0.314. The van der Waals surface area contributed by atoms with E-state index in [0.717, 1.165) is 30.5 Å². The fraction of sp³-hybridized carbons (Fsp3) is 0.424. The number of amides is 1. The van der Waals surface area contributed by atoms with Crippen LogP contribution in [0.1, 0.15) is 47.2 Å². The number of carbonyl (C=O) groups excluding carboxylic acids is 1. The highest BCUT2D eigenvalue weighted by Crippen LogP contribution is 2.43. The maximum atomic E-state index is 13.9. The molecule has 2 saturated heterocycles. The van der Waals surface area contributed by atoms with Crippen LogP contribution in [0, 0.1) is 0 Å². The molecule has 11 heteroatoms. The molecule has 9 nitrogen and oxygen atoms in total. The van der Waals surface area contributed by atoms with E-state index in [-0.39, 0.29) is 11.3 Å². The highest BCUT2D eigenvalue weighted by Gasteiger charge is 2.45. The molecule has 0 saturated carbocycles. The number of hydrogen-bond donors (Lipinski definition) is 1. The van der Waals surface area contributed by atoms with Gasteiger partial charge in [-0.15, -0.1) is 0 Å². The summed E-state index contributed by atoms with van der Waals surface area (Å²) in [4.78, 5) is 34.7. The smallest absolute Gasteiger partial charge is 0.314 e. The second-order valence-corrected chi connectivity index (χ2v) is 12.3. The molecule has 0 bridgehead atoms. The molecule has 2 fully saturated rings. The van der Waals surface area contributed by atoms with Crippen LogP contribution in [-0.2, 0) is 15.6 Å². The quantitative estimate of drug-likeness (QED) is 0.301. The number of ether oxygens (including phenoxy) is 3. The lowest BCUT2D eigenvalue weighted by Crippen LogP contribution is -2.48. The molecule has 0 radical (unpaired) electrons. The Balaban J connectivity index is 1.36. The molecule has 44 heavy (non-hydrogen) atoms. The summed E-state index contributed by atoms with van der Waals surface area (Å²) in [7, 11) is 4.57. The van der Waals surface area contributed by atoms with Gasteiger partial charge in [0, 0.05) is 36.5 Å². The average molecular weight is 643 g/mol. The molecule has 2 aromatic carbocycles. The number of carboxylic acid groups (broad SMARTS) is 1. The van der Waals surface area contributed by atoms with Gasteiger partial charge in [-0.1, -0.05) is 35.3 Å². The van der Waals surface area contributed by atoms with Gasteiger partial charge in [0.05, 0.1) is 36.8 Å². The first-order valence-corrected chi connectivity index (χ1v) is 15.3. The predicted octanol–water partition coefficient (Wildman–Crippen LogP) is 5.71. The van der Waals surface area contributed by atoms with Crippen molar-refractivity contribution in [3.05, 3.63) is 81.6 Å². The van der Waals surface area contributed by atoms with Crippen molar-refractivity contribution in [2.45, 2.75) is 36.5 Å². The van der Waals surface area contributed by atoms with Crippen molar-refractivity contribution in [2.24, 2.45) is 0 Å². The molecule has 5 rings (SSSR count). The topological polar surface area (TPSA) is 101 Å². The lowest BCUT2D eigenvalue weighted by Gasteiger charge is -2.40. The van der Waals surface area contributed by atoms with E-state index < -0.39 is 11.4 Å². The zero-order chi connectivity index (χ0) is 31.5. The van der Waals surface area contributed by atoms with Gasteiger partial charge >= 0.3 is 5.97 Å². The number of methoxy groups -OCH3 is 3. The number of pyridine rings is 1. The van der Waals surface area contributed by atoms with Gasteiger partial charge in [0.25, 0.3) is 5.91 Å². The summed E-state index contributed by atoms with van der Waals surface area (Å²) in [6, 6.07) is 12.7. The molecular formula is C33H37Cl2N3O6. The molecule has 2 aliphatic rings. The van der Waals surface area contributed by atoms with Crippen LogP contribution in [0.5, 0.6) is 17.2 Å². The van der Waals surface area contributed by atoms with Gasteiger partial charge in [-0.05, 0) is 86.8 Å². The Morgan fingerprint density at radius 2 is 1.61 bits per heavy atom. The third kappa shape index (κ3) is 6.05. The Hall–Kier alpha value is -3.53. The number of carbonyl (C=O) groups is 2. The van der Waals surface area contributed by atoms with E-state index in [9.17, 15) is 14.7 Å². The van der Waals surface area contributed by atoms with Crippen LogP contribution in [0.4, 0.5) is 0 Å². The van der Waals surface area contributed by atoms with Crippen molar-refractivity contribution >= 4 is 35.1 Å². The van der Waals surface area contributed by atoms with E-state index in [0.29, 0.717) is 71.9 Å². The molecule has 1 atom stereocenters. The van der Waals surface area contributed by atoms with Gasteiger partial charge in [-0.2, -0.15) is 0 Å². The molecular weight excluding hydrogens is 605 g/mol. The number of aliphatic carboxylic acids is 1. The largest absolute Gasteiger partial charge is 0.493 e. The van der Waals surface area contributed by atoms with Crippen LogP contribution in [0.3, 0.4) is 0 Å². The monoisotopic (exact) mass is 641 g/mol. The van der Waals surface area contributed by atoms with Crippen LogP contribution in [0.15, 0.2) is 54.9 Å². The fourth-order valence-electron chi connectivity index (χ4n) is 6.65. The Morgan fingerprint density at radius 3 is 2.18 bits per heavy atom. The number of aromatic nitrogens is 1. The number of piperidine rings is 1. The maximum Gasteiger partial charge on any atom is 0.314 e. The highest BCUT2D eigenvalue weighted by atomic mass is 35.5. The number of nitrogens with zero attached hydrogens (tertiary/aromatic N) is 3. The zero-order valence-corrected chi connectivity index (χ0v) is 26.7. The van der Waals surface area contributed by atoms with E-state index in [1.807, 2.05) is 23.1 Å². The van der Waals surface area contributed by atoms with Crippen LogP contribution in [0.2, 0.25) is 10.0 Å². The van der Waals surface area contributed by atoms with Gasteiger partial charge < -0.3 is 29.1 Å². The minimum Gasteiger partial charge on any atom is -0.493 e. The minimum atomic E-state index is -0.941. The number of halogens is 2. The third-order valence-corrected chi connectivity index (χ3v) is 10.1. The lowest BCUT2D eigenvalue weighted by atomic mass is 9.73. The summed E-state index contributed by atoms with van der Waals surface area (Å²) in [6.45, 7) is 3.08. The second-order valence-electron chi connectivity index (χ2n) is 11.5. The molecule has 3 heterocycles. The summed E-state index contributed by atoms with van der Waals surface area (Å²) < 4.78 is 16.4. The Labute approximate surface area is 267 Å². The first kappa shape index (κ1) is 31.9. The fourth-order valence-corrected chi connectivity index (χ4v) is 6.94. The summed E-state index contributed by atoms with van der Waals surface area (Å²) in [5, 5.41) is 11.2. The second kappa shape index (κ2) is 13.2. The normalized spacial score (nSPS) is 19.9. The first-order chi connectivity index (χ1) is 21.2. The van der Waals surface area contributed by atoms with Crippen molar-refractivity contribution in [2.75, 3.05) is 54.1 Å². The van der Waals surface area contributed by atoms with Crippen molar-refractivity contribution in [1.29, 1.82) is 0 Å². The van der Waals surface area contributed by atoms with Crippen molar-refractivity contribution < 1.29 is 28.9 Å². The third-order valence-electron chi connectivity index (χ3n) is 9.32. The molecule has 1 N–H and O–H groups in total. The summed E-state index contributed by atoms with van der Waals surface area (Å²) in [6.07, 6.45) is 5.83. The average Bonchev–Trinajstić information content (AvgIpc) is 3.50. The number of hydrogen-bond acceptors (Lipinski definition) is 7. The molecule has 234 valence electrons. The first-order valence-electron chi connectivity index (χ1n) is 14.6. The summed E-state index contributed by atoms with van der Waals surface area (Å²) >= 11 is 12.8. The van der Waals surface area contributed by atoms with E-state index in [1.165, 1.54) is 21.3 Å². The van der Waals surface area contributed by atoms with E-state index in [4.69, 9.17) is 37.4 Å². The number of likely N-dealkylation sites (tertiary alicyclic amines) is 2. The van der Waals surface area contributed by atoms with Crippen molar-refractivity contribution in [1.82, 2.24) is 14.8 Å². The number of rotatable bonds is 10. The van der Waals surface area contributed by atoms with Crippen molar-refractivity contribution in [3.8, 4) is 17.2 Å². The molecule has 0 aliphatic carbocycles. The molecule has 1 unspecified atom stereocenters. The van der Waals surface area contributed by atoms with Crippen LogP contribution < -0.4 is 14.2 Å². The molecule has 2 aliphatic heterocycles. The van der Waals surface area contributed by atoms with Crippen molar-refractivity contribution in [3.63, 3.8) is 0 Å². The molecule has 1 aromatic heterocycles. The van der Waals surface area contributed by atoms with E-state index >= 15 is 0 Å². The van der Waals surface area contributed by atoms with Crippen LogP contribution in [0.25, 0.3) is 0 Å². The van der Waals surface area contributed by atoms with Crippen LogP contribution >= 0.6 is 23.2 Å². The van der Waals surface area contributed by atoms with Gasteiger partial charge in [-0.3, -0.25) is 14.6 Å². The van der Waals surface area contributed by atoms with E-state index in [1.54, 1.807) is 36.7 Å². The molecule has 0 spiro atoms. The Kier molecular flexibility index (Phi) is 9.58. The van der Waals surface area contributed by atoms with Gasteiger partial charge in [0.1, 0.15) is 0 Å². The summed E-state index contributed by atoms with van der Waals surface area (Å²) in [5.41, 5.74) is 0.912. The Morgan fingerprint density at radius 1 is 0.909 bits per heavy atom. The van der Waals surface area contributed by atoms with Gasteiger partial charge in [-0.25, -0.2) is 0 Å². The van der Waals surface area contributed by atoms with E-state index in [2.05, 4.69) is 9.88 Å². The standard InChI is InChI=1S/C33H37Cl2N3O6/c1-42-27-17-22(18-28(43-2)29(27)44-3)30(39)38-16-9-32(21-38,23-6-7-25(34)26(35)19-23)8-13-37-14-10-33(11-15-37,31(40)41)24-5-4-12-36-20-24/h4-7,12,17-20H,8-11,13-16,21H2,1-3H3,(H,40,41). The lowest BCUT2D eigenvalue weighted by molar-refractivity contribution is -0.146. The molecule has 1 amide bonds. The maximum absolute atomic E-state index is 13.9. The van der Waals surface area contributed by atoms with Gasteiger partial charge in [0.15, 0.2) is 11.5 Å². The van der Waals surface area contributed by atoms with Crippen LogP contribution in [-0.4, -0.2) is 85.8 Å². The zero-order valence-electron chi connectivity index (χ0n) is 25.1. The van der Waals surface area contributed by atoms with Gasteiger partial charge in [0.2, 0.25) is 5.75 Å². The highest BCUT2D eigenvalue weighted by molar-refractivity contribution is 6.42. The molecule has 3 aromatic rings.